The number of hydrogen-bond donors (Lipinski definition) is 1. The van der Waals surface area contributed by atoms with E-state index in [1.807, 2.05) is 4.68 Å². The highest BCUT2D eigenvalue weighted by atomic mass is 15.3. The molecule has 0 aromatic carbocycles. The molecule has 0 bridgehead atoms. The Hall–Kier alpha value is -0.830. The molecule has 2 N–H and O–H groups in total. The predicted molar refractivity (Wildman–Crippen MR) is 80.0 cm³/mol. The molecule has 1 aromatic heterocycles. The van der Waals surface area contributed by atoms with E-state index in [0.717, 1.165) is 36.8 Å². The van der Waals surface area contributed by atoms with E-state index in [1.54, 1.807) is 0 Å². The Morgan fingerprint density at radius 2 is 2.16 bits per heavy atom. The van der Waals surface area contributed by atoms with Gasteiger partial charge < -0.3 is 5.73 Å². The molecule has 0 radical (unpaired) electrons. The number of aromatic nitrogens is 2. The van der Waals surface area contributed by atoms with Crippen LogP contribution in [-0.4, -0.2) is 15.3 Å². The zero-order valence-electron chi connectivity index (χ0n) is 12.9. The van der Waals surface area contributed by atoms with Crippen molar-refractivity contribution < 1.29 is 0 Å². The summed E-state index contributed by atoms with van der Waals surface area (Å²) >= 11 is 0. The molecule has 1 saturated carbocycles. The first kappa shape index (κ1) is 14.6. The Morgan fingerprint density at radius 1 is 1.42 bits per heavy atom. The fourth-order valence-corrected chi connectivity index (χ4v) is 3.29. The van der Waals surface area contributed by atoms with Crippen LogP contribution >= 0.6 is 0 Å². The second-order valence-electron chi connectivity index (χ2n) is 7.02. The molecule has 108 valence electrons. The molecule has 1 aliphatic rings. The van der Waals surface area contributed by atoms with E-state index in [0.29, 0.717) is 6.04 Å². The van der Waals surface area contributed by atoms with Crippen LogP contribution in [0.1, 0.15) is 65.1 Å². The van der Waals surface area contributed by atoms with E-state index in [1.165, 1.54) is 12.8 Å². The van der Waals surface area contributed by atoms with Crippen LogP contribution in [0, 0.1) is 11.8 Å². The van der Waals surface area contributed by atoms with Crippen LogP contribution in [0.3, 0.4) is 0 Å². The minimum absolute atomic E-state index is 0.0383. The molecule has 2 atom stereocenters. The molecule has 3 nitrogen and oxygen atoms in total. The highest BCUT2D eigenvalue weighted by Crippen LogP contribution is 2.36. The summed E-state index contributed by atoms with van der Waals surface area (Å²) in [4.78, 5) is 0. The fraction of sp³-hybridized carbons (Fsp3) is 0.812. The maximum absolute atomic E-state index is 6.66. The van der Waals surface area contributed by atoms with E-state index < -0.39 is 0 Å². The van der Waals surface area contributed by atoms with Crippen LogP contribution in [0.25, 0.3) is 0 Å². The average Bonchev–Trinajstić information content (AvgIpc) is 2.76. The smallest absolute Gasteiger partial charge is 0.0643 e. The van der Waals surface area contributed by atoms with Gasteiger partial charge in [-0.15, -0.1) is 0 Å². The van der Waals surface area contributed by atoms with Crippen molar-refractivity contribution in [2.24, 2.45) is 17.6 Å². The van der Waals surface area contributed by atoms with Gasteiger partial charge in [-0.05, 0) is 44.6 Å². The van der Waals surface area contributed by atoms with Gasteiger partial charge in [0.2, 0.25) is 0 Å². The van der Waals surface area contributed by atoms with Crippen LogP contribution in [0.4, 0.5) is 0 Å². The van der Waals surface area contributed by atoms with Gasteiger partial charge in [-0.1, -0.05) is 26.7 Å². The molecule has 0 spiro atoms. The summed E-state index contributed by atoms with van der Waals surface area (Å²) in [6, 6.07) is 2.56. The van der Waals surface area contributed by atoms with E-state index in [4.69, 9.17) is 5.73 Å². The third kappa shape index (κ3) is 3.59. The fourth-order valence-electron chi connectivity index (χ4n) is 3.29. The standard InChI is InChI=1S/C16H29N3/c1-12(2)14-6-5-8-16(17,10-14)11-15-7-9-19(18-15)13(3)4/h7,9,12-14H,5-6,8,10-11,17H2,1-4H3. The number of nitrogens with two attached hydrogens (primary N) is 1. The molecular weight excluding hydrogens is 234 g/mol. The minimum Gasteiger partial charge on any atom is -0.325 e. The van der Waals surface area contributed by atoms with Crippen molar-refractivity contribution in [3.05, 3.63) is 18.0 Å². The van der Waals surface area contributed by atoms with Crippen LogP contribution in [0.2, 0.25) is 0 Å². The van der Waals surface area contributed by atoms with E-state index in [2.05, 4.69) is 45.1 Å². The molecular formula is C16H29N3. The van der Waals surface area contributed by atoms with Gasteiger partial charge in [0, 0.05) is 24.2 Å². The lowest BCUT2D eigenvalue weighted by Crippen LogP contribution is -2.47. The molecule has 2 unspecified atom stereocenters. The van der Waals surface area contributed by atoms with Gasteiger partial charge in [0.15, 0.2) is 0 Å². The van der Waals surface area contributed by atoms with Gasteiger partial charge in [0.25, 0.3) is 0 Å². The Bertz CT molecular complexity index is 408. The van der Waals surface area contributed by atoms with Gasteiger partial charge in [-0.25, -0.2) is 0 Å². The third-order valence-electron chi connectivity index (χ3n) is 4.59. The van der Waals surface area contributed by atoms with Crippen LogP contribution < -0.4 is 5.73 Å². The van der Waals surface area contributed by atoms with Gasteiger partial charge in [-0.2, -0.15) is 5.10 Å². The number of rotatable bonds is 4. The quantitative estimate of drug-likeness (QED) is 0.902. The molecule has 0 amide bonds. The van der Waals surface area contributed by atoms with Crippen molar-refractivity contribution in [1.29, 1.82) is 0 Å². The summed E-state index contributed by atoms with van der Waals surface area (Å²) in [5.41, 5.74) is 7.77. The molecule has 1 aliphatic carbocycles. The molecule has 1 heterocycles. The van der Waals surface area contributed by atoms with E-state index in [9.17, 15) is 0 Å². The second-order valence-corrected chi connectivity index (χ2v) is 7.02. The van der Waals surface area contributed by atoms with E-state index >= 15 is 0 Å². The van der Waals surface area contributed by atoms with Gasteiger partial charge in [-0.3, -0.25) is 4.68 Å². The second kappa shape index (κ2) is 5.66. The predicted octanol–water partition coefficient (Wildman–Crippen LogP) is 3.55. The molecule has 0 saturated heterocycles. The third-order valence-corrected chi connectivity index (χ3v) is 4.59. The highest BCUT2D eigenvalue weighted by Gasteiger charge is 2.34. The molecule has 1 aromatic rings. The Labute approximate surface area is 117 Å². The monoisotopic (exact) mass is 263 g/mol. The topological polar surface area (TPSA) is 43.8 Å². The van der Waals surface area contributed by atoms with Crippen molar-refractivity contribution in [2.75, 3.05) is 0 Å². The van der Waals surface area contributed by atoms with Crippen molar-refractivity contribution in [3.63, 3.8) is 0 Å². The Morgan fingerprint density at radius 3 is 2.74 bits per heavy atom. The van der Waals surface area contributed by atoms with Crippen LogP contribution in [0.15, 0.2) is 12.3 Å². The van der Waals surface area contributed by atoms with Crippen molar-refractivity contribution in [2.45, 2.75) is 71.4 Å². The molecule has 19 heavy (non-hydrogen) atoms. The summed E-state index contributed by atoms with van der Waals surface area (Å²) in [5, 5.41) is 4.66. The minimum atomic E-state index is -0.0383. The largest absolute Gasteiger partial charge is 0.325 e. The van der Waals surface area contributed by atoms with Crippen molar-refractivity contribution >= 4 is 0 Å². The maximum atomic E-state index is 6.66. The lowest BCUT2D eigenvalue weighted by atomic mass is 9.70. The van der Waals surface area contributed by atoms with Crippen LogP contribution in [-0.2, 0) is 6.42 Å². The summed E-state index contributed by atoms with van der Waals surface area (Å²) < 4.78 is 2.03. The normalized spacial score (nSPS) is 28.3. The van der Waals surface area contributed by atoms with Gasteiger partial charge >= 0.3 is 0 Å². The van der Waals surface area contributed by atoms with Crippen LogP contribution in [0.5, 0.6) is 0 Å². The number of nitrogens with zero attached hydrogens (tertiary/aromatic N) is 2. The lowest BCUT2D eigenvalue weighted by Gasteiger charge is -2.39. The zero-order chi connectivity index (χ0) is 14.0. The first-order valence-corrected chi connectivity index (χ1v) is 7.72. The molecule has 1 fully saturated rings. The molecule has 0 aliphatic heterocycles. The summed E-state index contributed by atoms with van der Waals surface area (Å²) in [6.07, 6.45) is 7.91. The Balaban J connectivity index is 2.03. The Kier molecular flexibility index (Phi) is 4.34. The first-order chi connectivity index (χ1) is 8.89. The molecule has 2 rings (SSSR count). The maximum Gasteiger partial charge on any atom is 0.0643 e. The lowest BCUT2D eigenvalue weighted by molar-refractivity contribution is 0.181. The average molecular weight is 263 g/mol. The van der Waals surface area contributed by atoms with Crippen molar-refractivity contribution in [1.82, 2.24) is 9.78 Å². The zero-order valence-corrected chi connectivity index (χ0v) is 12.9. The van der Waals surface area contributed by atoms with Gasteiger partial charge in [0.1, 0.15) is 0 Å². The summed E-state index contributed by atoms with van der Waals surface area (Å²) in [5.74, 6) is 1.53. The SMILES string of the molecule is CC(C)C1CCCC(N)(Cc2ccn(C(C)C)n2)C1. The summed E-state index contributed by atoms with van der Waals surface area (Å²) in [7, 11) is 0. The number of hydrogen-bond acceptors (Lipinski definition) is 2. The van der Waals surface area contributed by atoms with Crippen molar-refractivity contribution in [3.8, 4) is 0 Å². The van der Waals surface area contributed by atoms with Gasteiger partial charge in [0.05, 0.1) is 5.69 Å². The highest BCUT2D eigenvalue weighted by molar-refractivity contribution is 5.07. The van der Waals surface area contributed by atoms with E-state index in [-0.39, 0.29) is 5.54 Å². The summed E-state index contributed by atoms with van der Waals surface area (Å²) in [6.45, 7) is 8.96. The molecule has 3 heteroatoms. The first-order valence-electron chi connectivity index (χ1n) is 7.72.